The second kappa shape index (κ2) is 5.23. The number of likely N-dealkylation sites (tertiary alicyclic amines) is 1. The molecule has 0 amide bonds. The summed E-state index contributed by atoms with van der Waals surface area (Å²) in [4.78, 5) is 2.61. The average Bonchev–Trinajstić information content (AvgIpc) is 3.18. The van der Waals surface area contributed by atoms with Gasteiger partial charge in [-0.3, -0.25) is 4.90 Å². The number of hydrogen-bond acceptors (Lipinski definition) is 3. The van der Waals surface area contributed by atoms with E-state index in [1.165, 1.54) is 44.2 Å². The predicted molar refractivity (Wildman–Crippen MR) is 80.7 cm³/mol. The van der Waals surface area contributed by atoms with Crippen LogP contribution in [0.15, 0.2) is 34.7 Å². The highest BCUT2D eigenvalue weighted by Crippen LogP contribution is 2.28. The Morgan fingerprint density at radius 2 is 2.15 bits per heavy atom. The number of fused-ring (bicyclic) bond motifs is 1. The maximum absolute atomic E-state index is 5.98. The van der Waals surface area contributed by atoms with Crippen molar-refractivity contribution in [1.82, 2.24) is 10.2 Å². The number of para-hydroxylation sites is 1. The van der Waals surface area contributed by atoms with Crippen molar-refractivity contribution in [2.45, 2.75) is 44.3 Å². The highest BCUT2D eigenvalue weighted by molar-refractivity contribution is 5.77. The van der Waals surface area contributed by atoms with Gasteiger partial charge in [0.2, 0.25) is 0 Å². The Kier molecular flexibility index (Phi) is 3.25. The largest absolute Gasteiger partial charge is 0.460 e. The van der Waals surface area contributed by atoms with Crippen molar-refractivity contribution in [3.63, 3.8) is 0 Å². The van der Waals surface area contributed by atoms with E-state index in [1.807, 2.05) is 6.07 Å². The van der Waals surface area contributed by atoms with Crippen LogP contribution >= 0.6 is 0 Å². The Bertz CT molecular complexity index is 552. The van der Waals surface area contributed by atoms with Crippen molar-refractivity contribution in [2.24, 2.45) is 0 Å². The third kappa shape index (κ3) is 2.25. The first-order valence-electron chi connectivity index (χ1n) is 7.85. The Labute approximate surface area is 119 Å². The summed E-state index contributed by atoms with van der Waals surface area (Å²) < 4.78 is 5.98. The molecule has 2 atom stereocenters. The molecular formula is C17H22N2O. The van der Waals surface area contributed by atoms with Crippen LogP contribution in [-0.4, -0.2) is 30.1 Å². The summed E-state index contributed by atoms with van der Waals surface area (Å²) in [5.74, 6) is 1.11. The van der Waals surface area contributed by atoms with Gasteiger partial charge in [-0.05, 0) is 50.9 Å². The van der Waals surface area contributed by atoms with Crippen LogP contribution in [0.5, 0.6) is 0 Å². The molecule has 3 heterocycles. The van der Waals surface area contributed by atoms with Crippen LogP contribution in [0.3, 0.4) is 0 Å². The Morgan fingerprint density at radius 1 is 1.20 bits per heavy atom. The van der Waals surface area contributed by atoms with Gasteiger partial charge in [0.15, 0.2) is 0 Å². The number of furan rings is 1. The number of rotatable bonds is 3. The molecule has 1 N–H and O–H groups in total. The minimum atomic E-state index is 0.696. The first-order chi connectivity index (χ1) is 9.90. The zero-order chi connectivity index (χ0) is 13.4. The van der Waals surface area contributed by atoms with Gasteiger partial charge in [-0.2, -0.15) is 0 Å². The van der Waals surface area contributed by atoms with Gasteiger partial charge in [0.25, 0.3) is 0 Å². The molecule has 0 spiro atoms. The highest BCUT2D eigenvalue weighted by atomic mass is 16.3. The fourth-order valence-electron chi connectivity index (χ4n) is 3.86. The van der Waals surface area contributed by atoms with Crippen LogP contribution in [0.4, 0.5) is 0 Å². The van der Waals surface area contributed by atoms with Crippen molar-refractivity contribution in [3.8, 4) is 0 Å². The van der Waals surface area contributed by atoms with Gasteiger partial charge in [-0.15, -0.1) is 0 Å². The van der Waals surface area contributed by atoms with Crippen LogP contribution in [-0.2, 0) is 6.54 Å². The van der Waals surface area contributed by atoms with Gasteiger partial charge in [0.05, 0.1) is 6.54 Å². The smallest absolute Gasteiger partial charge is 0.134 e. The highest BCUT2D eigenvalue weighted by Gasteiger charge is 2.33. The Hall–Kier alpha value is -1.32. The summed E-state index contributed by atoms with van der Waals surface area (Å²) in [6, 6.07) is 11.9. The van der Waals surface area contributed by atoms with Crippen LogP contribution < -0.4 is 5.32 Å². The summed E-state index contributed by atoms with van der Waals surface area (Å²) in [6.45, 7) is 3.36. The molecule has 2 aliphatic rings. The maximum Gasteiger partial charge on any atom is 0.134 e. The van der Waals surface area contributed by atoms with Crippen molar-refractivity contribution in [1.29, 1.82) is 0 Å². The molecule has 1 aromatic heterocycles. The number of nitrogens with one attached hydrogen (secondary N) is 1. The van der Waals surface area contributed by atoms with E-state index in [-0.39, 0.29) is 0 Å². The minimum absolute atomic E-state index is 0.696. The van der Waals surface area contributed by atoms with Crippen LogP contribution in [0.2, 0.25) is 0 Å². The molecule has 0 aliphatic carbocycles. The normalized spacial score (nSPS) is 27.6. The van der Waals surface area contributed by atoms with Crippen molar-refractivity contribution in [2.75, 3.05) is 13.1 Å². The van der Waals surface area contributed by atoms with Gasteiger partial charge in [0, 0.05) is 17.5 Å². The van der Waals surface area contributed by atoms with E-state index in [1.54, 1.807) is 0 Å². The van der Waals surface area contributed by atoms with Crippen molar-refractivity contribution in [3.05, 3.63) is 36.1 Å². The maximum atomic E-state index is 5.98. The molecule has 2 unspecified atom stereocenters. The number of hydrogen-bond donors (Lipinski definition) is 1. The number of benzene rings is 1. The summed E-state index contributed by atoms with van der Waals surface area (Å²) in [5.41, 5.74) is 1.01. The topological polar surface area (TPSA) is 28.4 Å². The van der Waals surface area contributed by atoms with E-state index in [2.05, 4.69) is 34.5 Å². The lowest BCUT2D eigenvalue weighted by Gasteiger charge is -2.28. The fourth-order valence-corrected chi connectivity index (χ4v) is 3.86. The van der Waals surface area contributed by atoms with E-state index < -0.39 is 0 Å². The quantitative estimate of drug-likeness (QED) is 0.928. The lowest BCUT2D eigenvalue weighted by atomic mass is 10.0. The summed E-state index contributed by atoms with van der Waals surface area (Å²) in [6.07, 6.45) is 5.32. The molecule has 3 heteroatoms. The van der Waals surface area contributed by atoms with E-state index in [9.17, 15) is 0 Å². The minimum Gasteiger partial charge on any atom is -0.460 e. The molecule has 1 aromatic carbocycles. The van der Waals surface area contributed by atoms with E-state index in [4.69, 9.17) is 4.42 Å². The van der Waals surface area contributed by atoms with Gasteiger partial charge < -0.3 is 9.73 Å². The van der Waals surface area contributed by atoms with Gasteiger partial charge in [0.1, 0.15) is 11.3 Å². The third-order valence-electron chi connectivity index (χ3n) is 4.81. The van der Waals surface area contributed by atoms with Gasteiger partial charge in [-0.25, -0.2) is 0 Å². The zero-order valence-corrected chi connectivity index (χ0v) is 11.8. The molecule has 0 bridgehead atoms. The second-order valence-electron chi connectivity index (χ2n) is 6.13. The molecular weight excluding hydrogens is 248 g/mol. The molecule has 2 saturated heterocycles. The molecule has 3 nitrogen and oxygen atoms in total. The average molecular weight is 270 g/mol. The van der Waals surface area contributed by atoms with Gasteiger partial charge >= 0.3 is 0 Å². The molecule has 0 radical (unpaired) electrons. The monoisotopic (exact) mass is 270 g/mol. The second-order valence-corrected chi connectivity index (χ2v) is 6.13. The summed E-state index contributed by atoms with van der Waals surface area (Å²) in [7, 11) is 0. The SMILES string of the molecule is c1ccc2oc(CN3CCCC3C3CCCN3)cc2c1. The van der Waals surface area contributed by atoms with E-state index in [0.717, 1.165) is 17.9 Å². The molecule has 2 fully saturated rings. The first kappa shape index (κ1) is 12.4. The van der Waals surface area contributed by atoms with Crippen molar-refractivity contribution < 1.29 is 4.42 Å². The molecule has 106 valence electrons. The number of nitrogens with zero attached hydrogens (tertiary/aromatic N) is 1. The van der Waals surface area contributed by atoms with Crippen LogP contribution in [0, 0.1) is 0 Å². The van der Waals surface area contributed by atoms with Crippen LogP contribution in [0.25, 0.3) is 11.0 Å². The fraction of sp³-hybridized carbons (Fsp3) is 0.529. The standard InChI is InChI=1S/C17H22N2O/c1-2-8-17-13(5-1)11-14(20-17)12-19-10-4-7-16(19)15-6-3-9-18-15/h1-2,5,8,11,15-16,18H,3-4,6-7,9-10,12H2. The summed E-state index contributed by atoms with van der Waals surface area (Å²) >= 11 is 0. The molecule has 4 rings (SSSR count). The lowest BCUT2D eigenvalue weighted by Crippen LogP contribution is -2.43. The summed E-state index contributed by atoms with van der Waals surface area (Å²) in [5, 5.41) is 4.89. The van der Waals surface area contributed by atoms with E-state index >= 15 is 0 Å². The molecule has 2 aromatic rings. The van der Waals surface area contributed by atoms with Gasteiger partial charge in [-0.1, -0.05) is 18.2 Å². The Balaban J connectivity index is 1.52. The first-order valence-corrected chi connectivity index (χ1v) is 7.85. The zero-order valence-electron chi connectivity index (χ0n) is 11.8. The van der Waals surface area contributed by atoms with Crippen LogP contribution in [0.1, 0.15) is 31.4 Å². The predicted octanol–water partition coefficient (Wildman–Crippen LogP) is 3.15. The van der Waals surface area contributed by atoms with Crippen molar-refractivity contribution >= 4 is 11.0 Å². The lowest BCUT2D eigenvalue weighted by molar-refractivity contribution is 0.194. The van der Waals surface area contributed by atoms with E-state index in [0.29, 0.717) is 12.1 Å². The third-order valence-corrected chi connectivity index (χ3v) is 4.81. The molecule has 2 aliphatic heterocycles. The Morgan fingerprint density at radius 3 is 3.00 bits per heavy atom. The molecule has 20 heavy (non-hydrogen) atoms. The molecule has 0 saturated carbocycles.